The van der Waals surface area contributed by atoms with Crippen LogP contribution in [0.3, 0.4) is 0 Å². The van der Waals surface area contributed by atoms with Gasteiger partial charge in [0.25, 0.3) is 0 Å². The monoisotopic (exact) mass is 279 g/mol. The highest BCUT2D eigenvalue weighted by Gasteiger charge is 2.24. The maximum absolute atomic E-state index is 12.0. The van der Waals surface area contributed by atoms with Gasteiger partial charge in [0.1, 0.15) is 6.54 Å². The van der Waals surface area contributed by atoms with E-state index in [9.17, 15) is 9.90 Å². The largest absolute Gasteiger partial charge is 0.396 e. The number of nitrogens with one attached hydrogen (secondary N) is 1. The van der Waals surface area contributed by atoms with Gasteiger partial charge in [-0.05, 0) is 44.6 Å². The second-order valence-electron chi connectivity index (χ2n) is 5.88. The fourth-order valence-electron chi connectivity index (χ4n) is 3.07. The molecule has 1 aliphatic carbocycles. The number of hydrogen-bond donors (Lipinski definition) is 2. The van der Waals surface area contributed by atoms with E-state index in [1.165, 1.54) is 12.8 Å². The molecule has 1 aromatic heterocycles. The molecule has 1 saturated carbocycles. The quantitative estimate of drug-likeness (QED) is 0.856. The third kappa shape index (κ3) is 3.82. The Balaban J connectivity index is 1.81. The van der Waals surface area contributed by atoms with Gasteiger partial charge in [0.15, 0.2) is 0 Å². The molecule has 0 aromatic carbocycles. The van der Waals surface area contributed by atoms with Gasteiger partial charge in [-0.25, -0.2) is 0 Å². The predicted octanol–water partition coefficient (Wildman–Crippen LogP) is 1.41. The van der Waals surface area contributed by atoms with Gasteiger partial charge < -0.3 is 10.4 Å². The highest BCUT2D eigenvalue weighted by atomic mass is 16.3. The summed E-state index contributed by atoms with van der Waals surface area (Å²) in [7, 11) is 0. The lowest BCUT2D eigenvalue weighted by Crippen LogP contribution is -2.37. The molecule has 5 heteroatoms. The van der Waals surface area contributed by atoms with Crippen molar-refractivity contribution in [1.29, 1.82) is 0 Å². The lowest BCUT2D eigenvalue weighted by molar-refractivity contribution is -0.122. The molecule has 2 unspecified atom stereocenters. The van der Waals surface area contributed by atoms with Crippen LogP contribution in [0.5, 0.6) is 0 Å². The van der Waals surface area contributed by atoms with Crippen LogP contribution in [0.1, 0.15) is 37.1 Å². The minimum absolute atomic E-state index is 0.00142. The lowest BCUT2D eigenvalue weighted by Gasteiger charge is -2.30. The zero-order valence-electron chi connectivity index (χ0n) is 12.4. The predicted molar refractivity (Wildman–Crippen MR) is 77.2 cm³/mol. The van der Waals surface area contributed by atoms with Gasteiger partial charge in [-0.1, -0.05) is 12.8 Å². The van der Waals surface area contributed by atoms with Crippen molar-refractivity contribution in [2.45, 2.75) is 46.1 Å². The summed E-state index contributed by atoms with van der Waals surface area (Å²) < 4.78 is 1.73. The fraction of sp³-hybridized carbons (Fsp3) is 0.733. The maximum Gasteiger partial charge on any atom is 0.241 e. The third-order valence-electron chi connectivity index (χ3n) is 4.26. The molecule has 1 heterocycles. The van der Waals surface area contributed by atoms with Gasteiger partial charge in [0, 0.05) is 18.8 Å². The number of aryl methyl sites for hydroxylation is 2. The van der Waals surface area contributed by atoms with E-state index in [0.29, 0.717) is 18.4 Å². The highest BCUT2D eigenvalue weighted by Crippen LogP contribution is 2.28. The van der Waals surface area contributed by atoms with E-state index in [1.807, 2.05) is 19.9 Å². The molecule has 2 atom stereocenters. The molecule has 0 aliphatic heterocycles. The standard InChI is InChI=1S/C15H25N3O2/c1-11-7-12(2)18(17-11)9-15(20)16-8-13-5-3-4-6-14(13)10-19/h7,13-14,19H,3-6,8-10H2,1-2H3,(H,16,20). The van der Waals surface area contributed by atoms with Gasteiger partial charge >= 0.3 is 0 Å². The molecular weight excluding hydrogens is 254 g/mol. The second-order valence-corrected chi connectivity index (χ2v) is 5.88. The van der Waals surface area contributed by atoms with Crippen molar-refractivity contribution < 1.29 is 9.90 Å². The lowest BCUT2D eigenvalue weighted by atomic mass is 9.79. The van der Waals surface area contributed by atoms with Crippen molar-refractivity contribution in [2.24, 2.45) is 11.8 Å². The van der Waals surface area contributed by atoms with E-state index in [-0.39, 0.29) is 19.1 Å². The molecule has 0 spiro atoms. The van der Waals surface area contributed by atoms with Gasteiger partial charge in [0.2, 0.25) is 5.91 Å². The molecule has 0 bridgehead atoms. The first-order chi connectivity index (χ1) is 9.60. The van der Waals surface area contributed by atoms with Crippen molar-refractivity contribution in [3.8, 4) is 0 Å². The molecule has 2 rings (SSSR count). The number of rotatable bonds is 5. The second kappa shape index (κ2) is 6.88. The molecular formula is C15H25N3O2. The first-order valence-corrected chi connectivity index (χ1v) is 7.48. The summed E-state index contributed by atoms with van der Waals surface area (Å²) >= 11 is 0. The summed E-state index contributed by atoms with van der Waals surface area (Å²) in [6, 6.07) is 1.97. The number of carbonyl (C=O) groups is 1. The van der Waals surface area contributed by atoms with Crippen LogP contribution >= 0.6 is 0 Å². The van der Waals surface area contributed by atoms with Gasteiger partial charge in [-0.15, -0.1) is 0 Å². The molecule has 20 heavy (non-hydrogen) atoms. The van der Waals surface area contributed by atoms with Crippen LogP contribution in [-0.4, -0.2) is 33.9 Å². The molecule has 1 aliphatic rings. The number of nitrogens with zero attached hydrogens (tertiary/aromatic N) is 2. The van der Waals surface area contributed by atoms with Gasteiger partial charge in [0.05, 0.1) is 5.69 Å². The van der Waals surface area contributed by atoms with Crippen molar-refractivity contribution in [3.05, 3.63) is 17.5 Å². The summed E-state index contributed by atoms with van der Waals surface area (Å²) in [5.74, 6) is 0.759. The zero-order valence-corrected chi connectivity index (χ0v) is 12.4. The first kappa shape index (κ1) is 15.0. The van der Waals surface area contributed by atoms with Crippen molar-refractivity contribution in [2.75, 3.05) is 13.2 Å². The highest BCUT2D eigenvalue weighted by molar-refractivity contribution is 5.75. The molecule has 0 radical (unpaired) electrons. The van der Waals surface area contributed by atoms with E-state index in [4.69, 9.17) is 0 Å². The molecule has 112 valence electrons. The smallest absolute Gasteiger partial charge is 0.241 e. The number of aliphatic hydroxyl groups excluding tert-OH is 1. The number of carbonyl (C=O) groups excluding carboxylic acids is 1. The molecule has 0 saturated heterocycles. The molecule has 2 N–H and O–H groups in total. The molecule has 1 amide bonds. The van der Waals surface area contributed by atoms with Crippen LogP contribution < -0.4 is 5.32 Å². The van der Waals surface area contributed by atoms with Crippen LogP contribution in [0.4, 0.5) is 0 Å². The normalized spacial score (nSPS) is 22.8. The van der Waals surface area contributed by atoms with E-state index in [2.05, 4.69) is 10.4 Å². The van der Waals surface area contributed by atoms with Crippen LogP contribution in [0.15, 0.2) is 6.07 Å². The Kier molecular flexibility index (Phi) is 5.17. The molecule has 1 fully saturated rings. The van der Waals surface area contributed by atoms with E-state index < -0.39 is 0 Å². The van der Waals surface area contributed by atoms with Crippen molar-refractivity contribution in [1.82, 2.24) is 15.1 Å². The summed E-state index contributed by atoms with van der Waals surface area (Å²) in [5.41, 5.74) is 1.94. The maximum atomic E-state index is 12.0. The van der Waals surface area contributed by atoms with Crippen molar-refractivity contribution >= 4 is 5.91 Å². The minimum Gasteiger partial charge on any atom is -0.396 e. The Bertz CT molecular complexity index is 456. The van der Waals surface area contributed by atoms with Gasteiger partial charge in [-0.2, -0.15) is 5.10 Å². The number of aliphatic hydroxyl groups is 1. The summed E-state index contributed by atoms with van der Waals surface area (Å²) in [6.45, 7) is 5.06. The Morgan fingerprint density at radius 1 is 1.40 bits per heavy atom. The topological polar surface area (TPSA) is 67.2 Å². The SMILES string of the molecule is Cc1cc(C)n(CC(=O)NCC2CCCCC2CO)n1. The zero-order chi connectivity index (χ0) is 14.5. The van der Waals surface area contributed by atoms with Crippen LogP contribution in [0.25, 0.3) is 0 Å². The Morgan fingerprint density at radius 2 is 2.10 bits per heavy atom. The summed E-state index contributed by atoms with van der Waals surface area (Å²) in [5, 5.41) is 16.7. The van der Waals surface area contributed by atoms with Crippen LogP contribution in [-0.2, 0) is 11.3 Å². The third-order valence-corrected chi connectivity index (χ3v) is 4.26. The molecule has 1 aromatic rings. The van der Waals surface area contributed by atoms with Crippen molar-refractivity contribution in [3.63, 3.8) is 0 Å². The van der Waals surface area contributed by atoms with E-state index >= 15 is 0 Å². The average Bonchev–Trinajstić information content (AvgIpc) is 2.75. The summed E-state index contributed by atoms with van der Waals surface area (Å²) in [6.07, 6.45) is 4.58. The van der Waals surface area contributed by atoms with Gasteiger partial charge in [-0.3, -0.25) is 9.48 Å². The van der Waals surface area contributed by atoms with E-state index in [0.717, 1.165) is 24.2 Å². The van der Waals surface area contributed by atoms with Crippen LogP contribution in [0.2, 0.25) is 0 Å². The Morgan fingerprint density at radius 3 is 2.70 bits per heavy atom. The number of aromatic nitrogens is 2. The minimum atomic E-state index is -0.00142. The van der Waals surface area contributed by atoms with E-state index in [1.54, 1.807) is 4.68 Å². The number of amides is 1. The first-order valence-electron chi connectivity index (χ1n) is 7.48. The Labute approximate surface area is 120 Å². The van der Waals surface area contributed by atoms with Crippen LogP contribution in [0, 0.1) is 25.7 Å². The number of hydrogen-bond acceptors (Lipinski definition) is 3. The molecule has 5 nitrogen and oxygen atoms in total. The average molecular weight is 279 g/mol. The Hall–Kier alpha value is -1.36. The summed E-state index contributed by atoms with van der Waals surface area (Å²) in [4.78, 5) is 12.0. The fourth-order valence-corrected chi connectivity index (χ4v) is 3.07.